The molecule has 0 radical (unpaired) electrons. The highest BCUT2D eigenvalue weighted by Crippen LogP contribution is 2.17. The highest BCUT2D eigenvalue weighted by atomic mass is 16.6. The van der Waals surface area contributed by atoms with E-state index in [1.165, 1.54) is 6.92 Å². The van der Waals surface area contributed by atoms with Crippen LogP contribution in [0, 0.1) is 0 Å². The van der Waals surface area contributed by atoms with E-state index >= 15 is 0 Å². The number of likely N-dealkylation sites (tertiary alicyclic amines) is 1. The smallest absolute Gasteiger partial charge is 0.410 e. The molecule has 0 aliphatic carbocycles. The van der Waals surface area contributed by atoms with Crippen molar-refractivity contribution in [3.63, 3.8) is 0 Å². The number of nitrogens with one attached hydrogen (secondary N) is 3. The molecule has 27 heavy (non-hydrogen) atoms. The van der Waals surface area contributed by atoms with Crippen LogP contribution in [-0.2, 0) is 9.53 Å². The van der Waals surface area contributed by atoms with Crippen molar-refractivity contribution in [2.75, 3.05) is 23.7 Å². The maximum absolute atomic E-state index is 12.2. The summed E-state index contributed by atoms with van der Waals surface area (Å²) >= 11 is 0. The summed E-state index contributed by atoms with van der Waals surface area (Å²) in [7, 11) is 0. The van der Waals surface area contributed by atoms with Crippen molar-refractivity contribution in [2.45, 2.75) is 52.2 Å². The lowest BCUT2D eigenvalue weighted by Crippen LogP contribution is -2.48. The fraction of sp³-hybridized carbons (Fsp3) is 0.526. The maximum Gasteiger partial charge on any atom is 0.410 e. The third-order valence-corrected chi connectivity index (χ3v) is 3.92. The largest absolute Gasteiger partial charge is 0.444 e. The summed E-state index contributed by atoms with van der Waals surface area (Å²) in [6, 6.07) is 6.60. The maximum atomic E-state index is 12.2. The Balaban J connectivity index is 1.79. The minimum atomic E-state index is -0.516. The van der Waals surface area contributed by atoms with Crippen LogP contribution in [0.15, 0.2) is 24.3 Å². The molecular weight excluding hydrogens is 348 g/mol. The first kappa shape index (κ1) is 20.5. The normalized spacial score (nSPS) is 15.0. The van der Waals surface area contributed by atoms with E-state index in [4.69, 9.17) is 4.74 Å². The Labute approximate surface area is 159 Å². The van der Waals surface area contributed by atoms with Crippen molar-refractivity contribution < 1.29 is 19.1 Å². The third-order valence-electron chi connectivity index (χ3n) is 3.92. The Morgan fingerprint density at radius 1 is 1.07 bits per heavy atom. The number of rotatable bonds is 3. The van der Waals surface area contributed by atoms with Gasteiger partial charge in [0.05, 0.1) is 0 Å². The van der Waals surface area contributed by atoms with Crippen LogP contribution in [0.3, 0.4) is 0 Å². The van der Waals surface area contributed by atoms with Gasteiger partial charge >= 0.3 is 12.1 Å². The summed E-state index contributed by atoms with van der Waals surface area (Å²) in [5.74, 6) is -0.173. The summed E-state index contributed by atoms with van der Waals surface area (Å²) in [6.07, 6.45) is 1.01. The number of carbonyl (C=O) groups excluding carboxylic acids is 3. The molecule has 3 N–H and O–H groups in total. The molecule has 8 heteroatoms. The van der Waals surface area contributed by atoms with Gasteiger partial charge in [-0.2, -0.15) is 0 Å². The fourth-order valence-corrected chi connectivity index (χ4v) is 2.76. The van der Waals surface area contributed by atoms with Crippen LogP contribution in [0.4, 0.5) is 21.0 Å². The predicted molar refractivity (Wildman–Crippen MR) is 104 cm³/mol. The Bertz CT molecular complexity index is 691. The fourth-order valence-electron chi connectivity index (χ4n) is 2.76. The summed E-state index contributed by atoms with van der Waals surface area (Å²) in [5.41, 5.74) is 0.689. The van der Waals surface area contributed by atoms with Gasteiger partial charge in [-0.15, -0.1) is 0 Å². The van der Waals surface area contributed by atoms with Crippen molar-refractivity contribution in [2.24, 2.45) is 0 Å². The first-order valence-electron chi connectivity index (χ1n) is 9.05. The number of carbonyl (C=O) groups is 3. The molecule has 1 heterocycles. The molecule has 0 spiro atoms. The second-order valence-corrected chi connectivity index (χ2v) is 7.60. The zero-order chi connectivity index (χ0) is 20.0. The molecule has 1 aromatic carbocycles. The number of ether oxygens (including phenoxy) is 1. The SMILES string of the molecule is CC(=O)Nc1cccc(NC(=O)NC2CCN(C(=O)OC(C)(C)C)CC2)c1. The van der Waals surface area contributed by atoms with Gasteiger partial charge in [-0.1, -0.05) is 6.07 Å². The van der Waals surface area contributed by atoms with Crippen molar-refractivity contribution in [1.82, 2.24) is 10.2 Å². The second kappa shape index (κ2) is 8.75. The minimum Gasteiger partial charge on any atom is -0.444 e. The molecule has 1 saturated heterocycles. The van der Waals surface area contributed by atoms with Gasteiger partial charge in [0.1, 0.15) is 5.60 Å². The van der Waals surface area contributed by atoms with Gasteiger partial charge in [-0.05, 0) is 51.8 Å². The zero-order valence-corrected chi connectivity index (χ0v) is 16.3. The molecule has 148 valence electrons. The average molecular weight is 376 g/mol. The van der Waals surface area contributed by atoms with E-state index in [1.54, 1.807) is 29.2 Å². The molecule has 1 aliphatic rings. The molecule has 0 saturated carbocycles. The number of urea groups is 1. The molecule has 1 aromatic rings. The van der Waals surface area contributed by atoms with Gasteiger partial charge in [0.15, 0.2) is 0 Å². The standard InChI is InChI=1S/C19H28N4O4/c1-13(24)20-15-6-5-7-16(12-15)22-17(25)21-14-8-10-23(11-9-14)18(26)27-19(2,3)4/h5-7,12,14H,8-11H2,1-4H3,(H,20,24)(H2,21,22,25). The molecule has 0 unspecified atom stereocenters. The van der Waals surface area contributed by atoms with Gasteiger partial charge in [-0.25, -0.2) is 9.59 Å². The van der Waals surface area contributed by atoms with Gasteiger partial charge in [-0.3, -0.25) is 4.79 Å². The van der Waals surface area contributed by atoms with Gasteiger partial charge < -0.3 is 25.6 Å². The van der Waals surface area contributed by atoms with E-state index in [9.17, 15) is 14.4 Å². The van der Waals surface area contributed by atoms with Crippen LogP contribution < -0.4 is 16.0 Å². The summed E-state index contributed by atoms with van der Waals surface area (Å²) < 4.78 is 5.37. The van der Waals surface area contributed by atoms with Crippen LogP contribution in [0.5, 0.6) is 0 Å². The third kappa shape index (κ3) is 7.16. The molecule has 0 atom stereocenters. The van der Waals surface area contributed by atoms with Crippen molar-refractivity contribution in [3.8, 4) is 0 Å². The zero-order valence-electron chi connectivity index (χ0n) is 16.3. The average Bonchev–Trinajstić information content (AvgIpc) is 2.53. The lowest BCUT2D eigenvalue weighted by molar-refractivity contribution is -0.114. The second-order valence-electron chi connectivity index (χ2n) is 7.60. The van der Waals surface area contributed by atoms with Gasteiger partial charge in [0.25, 0.3) is 0 Å². The van der Waals surface area contributed by atoms with E-state index < -0.39 is 5.60 Å². The Morgan fingerprint density at radius 2 is 1.67 bits per heavy atom. The molecular formula is C19H28N4O4. The molecule has 2 rings (SSSR count). The molecule has 1 aliphatic heterocycles. The summed E-state index contributed by atoms with van der Waals surface area (Å²) in [5, 5.41) is 8.35. The first-order valence-corrected chi connectivity index (χ1v) is 9.05. The summed E-state index contributed by atoms with van der Waals surface area (Å²) in [4.78, 5) is 37.0. The lowest BCUT2D eigenvalue weighted by atomic mass is 10.1. The molecule has 1 fully saturated rings. The van der Waals surface area contributed by atoms with Crippen molar-refractivity contribution in [3.05, 3.63) is 24.3 Å². The van der Waals surface area contributed by atoms with Crippen LogP contribution >= 0.6 is 0 Å². The van der Waals surface area contributed by atoms with Crippen LogP contribution in [0.25, 0.3) is 0 Å². The van der Waals surface area contributed by atoms with Gasteiger partial charge in [0, 0.05) is 37.4 Å². The number of hydrogen-bond acceptors (Lipinski definition) is 4. The number of nitrogens with zero attached hydrogens (tertiary/aromatic N) is 1. The number of amides is 4. The van der Waals surface area contributed by atoms with E-state index in [0.717, 1.165) is 0 Å². The number of benzene rings is 1. The van der Waals surface area contributed by atoms with Gasteiger partial charge in [0.2, 0.25) is 5.91 Å². The van der Waals surface area contributed by atoms with Crippen molar-refractivity contribution >= 4 is 29.4 Å². The Hall–Kier alpha value is -2.77. The number of hydrogen-bond donors (Lipinski definition) is 3. The van der Waals surface area contributed by atoms with Crippen molar-refractivity contribution in [1.29, 1.82) is 0 Å². The first-order chi connectivity index (χ1) is 12.6. The number of anilines is 2. The van der Waals surface area contributed by atoms with Crippen LogP contribution in [-0.4, -0.2) is 47.7 Å². The predicted octanol–water partition coefficient (Wildman–Crippen LogP) is 3.17. The van der Waals surface area contributed by atoms with Crippen LogP contribution in [0.1, 0.15) is 40.5 Å². The molecule has 4 amide bonds. The Morgan fingerprint density at radius 3 is 2.22 bits per heavy atom. The monoisotopic (exact) mass is 376 g/mol. The van der Waals surface area contributed by atoms with Crippen LogP contribution in [0.2, 0.25) is 0 Å². The minimum absolute atomic E-state index is 0.0118. The molecule has 0 bridgehead atoms. The van der Waals surface area contributed by atoms with E-state index in [0.29, 0.717) is 37.3 Å². The molecule has 8 nitrogen and oxygen atoms in total. The topological polar surface area (TPSA) is 99.8 Å². The Kier molecular flexibility index (Phi) is 6.65. The lowest BCUT2D eigenvalue weighted by Gasteiger charge is -2.33. The molecule has 0 aromatic heterocycles. The highest BCUT2D eigenvalue weighted by molar-refractivity contribution is 5.92. The van der Waals surface area contributed by atoms with E-state index in [-0.39, 0.29) is 24.1 Å². The van der Waals surface area contributed by atoms with E-state index in [1.807, 2.05) is 20.8 Å². The highest BCUT2D eigenvalue weighted by Gasteiger charge is 2.27. The van der Waals surface area contributed by atoms with E-state index in [2.05, 4.69) is 16.0 Å². The quantitative estimate of drug-likeness (QED) is 0.754. The summed E-state index contributed by atoms with van der Waals surface area (Å²) in [6.45, 7) is 8.02. The number of piperidine rings is 1.